The Morgan fingerprint density at radius 1 is 1.38 bits per heavy atom. The van der Waals surface area contributed by atoms with E-state index in [0.717, 1.165) is 25.2 Å². The zero-order valence-corrected chi connectivity index (χ0v) is 12.2. The molecule has 0 spiro atoms. The van der Waals surface area contributed by atoms with Gasteiger partial charge in [0.05, 0.1) is 18.1 Å². The van der Waals surface area contributed by atoms with Crippen LogP contribution in [0, 0.1) is 6.92 Å². The minimum Gasteiger partial charge on any atom is -0.355 e. The summed E-state index contributed by atoms with van der Waals surface area (Å²) >= 11 is 0. The average molecular weight is 284 g/mol. The molecule has 1 aromatic carbocycles. The maximum atomic E-state index is 11.5. The van der Waals surface area contributed by atoms with E-state index in [-0.39, 0.29) is 11.9 Å². The van der Waals surface area contributed by atoms with E-state index in [1.807, 2.05) is 12.5 Å². The van der Waals surface area contributed by atoms with E-state index in [0.29, 0.717) is 6.54 Å². The van der Waals surface area contributed by atoms with Crippen LogP contribution in [0.15, 0.2) is 36.8 Å². The number of hydrogen-bond acceptors (Lipinski definition) is 3. The lowest BCUT2D eigenvalue weighted by molar-refractivity contribution is -0.120. The van der Waals surface area contributed by atoms with Crippen molar-refractivity contribution in [3.63, 3.8) is 0 Å². The molecule has 5 heteroatoms. The van der Waals surface area contributed by atoms with Gasteiger partial charge in [-0.3, -0.25) is 4.79 Å². The molecule has 0 saturated carbocycles. The predicted molar refractivity (Wildman–Crippen MR) is 80.8 cm³/mol. The Bertz CT molecular complexity index is 617. The summed E-state index contributed by atoms with van der Waals surface area (Å²) in [6.07, 6.45) is 4.55. The molecule has 1 aliphatic rings. The molecule has 1 amide bonds. The smallest absolute Gasteiger partial charge is 0.237 e. The molecular formula is C16H20N4O. The fourth-order valence-corrected chi connectivity index (χ4v) is 2.54. The highest BCUT2D eigenvalue weighted by atomic mass is 16.2. The van der Waals surface area contributed by atoms with Crippen molar-refractivity contribution in [3.05, 3.63) is 53.6 Å². The summed E-state index contributed by atoms with van der Waals surface area (Å²) < 4.78 is 2.12. The summed E-state index contributed by atoms with van der Waals surface area (Å²) in [5, 5.41) is 6.13. The maximum Gasteiger partial charge on any atom is 0.237 e. The Morgan fingerprint density at radius 2 is 2.19 bits per heavy atom. The first-order valence-corrected chi connectivity index (χ1v) is 7.28. The number of nitrogens with one attached hydrogen (secondary N) is 2. The molecule has 110 valence electrons. The molecule has 2 aromatic rings. The van der Waals surface area contributed by atoms with Crippen LogP contribution in [-0.2, 0) is 17.9 Å². The predicted octanol–water partition coefficient (Wildman–Crippen LogP) is 1.22. The fourth-order valence-electron chi connectivity index (χ4n) is 2.54. The van der Waals surface area contributed by atoms with Gasteiger partial charge in [-0.05, 0) is 18.9 Å². The van der Waals surface area contributed by atoms with Gasteiger partial charge in [0, 0.05) is 25.8 Å². The summed E-state index contributed by atoms with van der Waals surface area (Å²) in [5.74, 6) is 0.0969. The Labute approximate surface area is 124 Å². The van der Waals surface area contributed by atoms with Crippen LogP contribution in [0.3, 0.4) is 0 Å². The first-order valence-electron chi connectivity index (χ1n) is 7.28. The number of aromatic nitrogens is 2. The lowest BCUT2D eigenvalue weighted by Gasteiger charge is -2.12. The topological polar surface area (TPSA) is 59.0 Å². The molecule has 1 fully saturated rings. The van der Waals surface area contributed by atoms with Gasteiger partial charge in [0.2, 0.25) is 5.91 Å². The van der Waals surface area contributed by atoms with Gasteiger partial charge in [-0.1, -0.05) is 29.8 Å². The van der Waals surface area contributed by atoms with Crippen molar-refractivity contribution < 1.29 is 4.79 Å². The molecule has 21 heavy (non-hydrogen) atoms. The van der Waals surface area contributed by atoms with Gasteiger partial charge in [-0.25, -0.2) is 4.98 Å². The van der Waals surface area contributed by atoms with Gasteiger partial charge in [0.1, 0.15) is 0 Å². The largest absolute Gasteiger partial charge is 0.355 e. The van der Waals surface area contributed by atoms with Gasteiger partial charge >= 0.3 is 0 Å². The molecular weight excluding hydrogens is 264 g/mol. The molecule has 3 rings (SSSR count). The third kappa shape index (κ3) is 3.31. The van der Waals surface area contributed by atoms with E-state index < -0.39 is 0 Å². The van der Waals surface area contributed by atoms with Gasteiger partial charge in [-0.2, -0.15) is 0 Å². The lowest BCUT2D eigenvalue weighted by Crippen LogP contribution is -2.36. The molecule has 0 unspecified atom stereocenters. The first kappa shape index (κ1) is 13.8. The van der Waals surface area contributed by atoms with Crippen molar-refractivity contribution in [2.45, 2.75) is 32.5 Å². The van der Waals surface area contributed by atoms with Crippen LogP contribution in [0.5, 0.6) is 0 Å². The van der Waals surface area contributed by atoms with Gasteiger partial charge < -0.3 is 15.2 Å². The molecule has 2 heterocycles. The summed E-state index contributed by atoms with van der Waals surface area (Å²) in [6, 6.07) is 8.43. The number of aryl methyl sites for hydroxylation is 1. The lowest BCUT2D eigenvalue weighted by atomic mass is 10.1. The maximum absolute atomic E-state index is 11.5. The van der Waals surface area contributed by atoms with Crippen LogP contribution in [0.25, 0.3) is 0 Å². The van der Waals surface area contributed by atoms with Crippen LogP contribution >= 0.6 is 0 Å². The molecule has 1 aromatic heterocycles. The number of carbonyl (C=O) groups is 1. The number of nitrogens with zero attached hydrogens (tertiary/aromatic N) is 2. The zero-order chi connectivity index (χ0) is 14.7. The van der Waals surface area contributed by atoms with Crippen LogP contribution in [-0.4, -0.2) is 28.0 Å². The molecule has 0 bridgehead atoms. The monoisotopic (exact) mass is 284 g/mol. The number of hydrogen-bond donors (Lipinski definition) is 2. The molecule has 2 N–H and O–H groups in total. The second-order valence-electron chi connectivity index (χ2n) is 5.51. The standard InChI is InChI=1S/C16H20N4O/c1-12-2-4-13(5-3-12)10-20-11-17-8-14(20)9-19-15-6-7-18-16(15)21/h2-5,8,11,15,19H,6-7,9-10H2,1H3,(H,18,21)/t15-/m0/s1. The van der Waals surface area contributed by atoms with Crippen molar-refractivity contribution >= 4 is 5.91 Å². The van der Waals surface area contributed by atoms with E-state index >= 15 is 0 Å². The number of carbonyl (C=O) groups excluding carboxylic acids is 1. The highest BCUT2D eigenvalue weighted by Crippen LogP contribution is 2.09. The first-order chi connectivity index (χ1) is 10.2. The summed E-state index contributed by atoms with van der Waals surface area (Å²) in [7, 11) is 0. The van der Waals surface area contributed by atoms with Crippen LogP contribution < -0.4 is 10.6 Å². The second kappa shape index (κ2) is 6.10. The van der Waals surface area contributed by atoms with Crippen molar-refractivity contribution in [3.8, 4) is 0 Å². The number of amides is 1. The van der Waals surface area contributed by atoms with E-state index in [9.17, 15) is 4.79 Å². The Balaban J connectivity index is 1.63. The zero-order valence-electron chi connectivity index (χ0n) is 12.2. The minimum absolute atomic E-state index is 0.0762. The quantitative estimate of drug-likeness (QED) is 0.868. The SMILES string of the molecule is Cc1ccc(Cn2cncc2CN[C@H]2CCNC2=O)cc1. The summed E-state index contributed by atoms with van der Waals surface area (Å²) in [5.41, 5.74) is 3.60. The third-order valence-electron chi connectivity index (χ3n) is 3.85. The molecule has 1 saturated heterocycles. The molecule has 1 aliphatic heterocycles. The van der Waals surface area contributed by atoms with Gasteiger partial charge in [-0.15, -0.1) is 0 Å². The van der Waals surface area contributed by atoms with Gasteiger partial charge in [0.25, 0.3) is 0 Å². The summed E-state index contributed by atoms with van der Waals surface area (Å²) in [6.45, 7) is 4.31. The van der Waals surface area contributed by atoms with E-state index in [2.05, 4.69) is 51.4 Å². The number of imidazole rings is 1. The minimum atomic E-state index is -0.0762. The average Bonchev–Trinajstić information content (AvgIpc) is 3.08. The van der Waals surface area contributed by atoms with Crippen molar-refractivity contribution in [2.24, 2.45) is 0 Å². The van der Waals surface area contributed by atoms with Crippen LogP contribution in [0.2, 0.25) is 0 Å². The highest BCUT2D eigenvalue weighted by molar-refractivity contribution is 5.83. The van der Waals surface area contributed by atoms with Gasteiger partial charge in [0.15, 0.2) is 0 Å². The second-order valence-corrected chi connectivity index (χ2v) is 5.51. The Hall–Kier alpha value is -2.14. The van der Waals surface area contributed by atoms with Crippen molar-refractivity contribution in [1.82, 2.24) is 20.2 Å². The molecule has 1 atom stereocenters. The fraction of sp³-hybridized carbons (Fsp3) is 0.375. The molecule has 0 aliphatic carbocycles. The third-order valence-corrected chi connectivity index (χ3v) is 3.85. The molecule has 0 radical (unpaired) electrons. The van der Waals surface area contributed by atoms with E-state index in [1.165, 1.54) is 11.1 Å². The van der Waals surface area contributed by atoms with Crippen LogP contribution in [0.1, 0.15) is 23.2 Å². The van der Waals surface area contributed by atoms with E-state index in [1.54, 1.807) is 0 Å². The normalized spacial score (nSPS) is 18.0. The van der Waals surface area contributed by atoms with Crippen LogP contribution in [0.4, 0.5) is 0 Å². The number of rotatable bonds is 5. The Kier molecular flexibility index (Phi) is 4.01. The highest BCUT2D eigenvalue weighted by Gasteiger charge is 2.23. The van der Waals surface area contributed by atoms with Crippen molar-refractivity contribution in [2.75, 3.05) is 6.54 Å². The van der Waals surface area contributed by atoms with Crippen molar-refractivity contribution in [1.29, 1.82) is 0 Å². The van der Waals surface area contributed by atoms with E-state index in [4.69, 9.17) is 0 Å². The summed E-state index contributed by atoms with van der Waals surface area (Å²) in [4.78, 5) is 15.8. The Morgan fingerprint density at radius 3 is 2.90 bits per heavy atom. The number of benzene rings is 1. The molecule has 5 nitrogen and oxygen atoms in total.